The smallest absolute Gasteiger partial charge is 0.240 e. The van der Waals surface area contributed by atoms with Gasteiger partial charge in [-0.1, -0.05) is 0 Å². The molecule has 16 heavy (non-hydrogen) atoms. The SMILES string of the molecule is CC(NC(=O)C(C)(N)C1CC1)c1cn[nH]c1. The van der Waals surface area contributed by atoms with Gasteiger partial charge < -0.3 is 11.1 Å². The fourth-order valence-electron chi connectivity index (χ4n) is 1.80. The lowest BCUT2D eigenvalue weighted by atomic mass is 9.95. The lowest BCUT2D eigenvalue weighted by molar-refractivity contribution is -0.127. The van der Waals surface area contributed by atoms with Gasteiger partial charge in [-0.15, -0.1) is 0 Å². The van der Waals surface area contributed by atoms with E-state index in [0.29, 0.717) is 5.92 Å². The Hall–Kier alpha value is -1.36. The molecule has 0 saturated heterocycles. The van der Waals surface area contributed by atoms with Gasteiger partial charge in [-0.05, 0) is 32.6 Å². The number of nitrogens with one attached hydrogen (secondary N) is 2. The Morgan fingerprint density at radius 1 is 1.75 bits per heavy atom. The number of aromatic nitrogens is 2. The molecule has 2 atom stereocenters. The van der Waals surface area contributed by atoms with E-state index in [0.717, 1.165) is 18.4 Å². The van der Waals surface area contributed by atoms with E-state index >= 15 is 0 Å². The Labute approximate surface area is 94.8 Å². The predicted molar refractivity (Wildman–Crippen MR) is 60.5 cm³/mol. The first-order chi connectivity index (χ1) is 7.51. The first-order valence-electron chi connectivity index (χ1n) is 5.60. The third-order valence-electron chi connectivity index (χ3n) is 3.28. The minimum Gasteiger partial charge on any atom is -0.348 e. The summed E-state index contributed by atoms with van der Waals surface area (Å²) in [4.78, 5) is 12.0. The van der Waals surface area contributed by atoms with Crippen LogP contribution in [0.4, 0.5) is 0 Å². The summed E-state index contributed by atoms with van der Waals surface area (Å²) < 4.78 is 0. The molecule has 2 rings (SSSR count). The largest absolute Gasteiger partial charge is 0.348 e. The molecule has 1 heterocycles. The number of H-pyrrole nitrogens is 1. The van der Waals surface area contributed by atoms with Crippen molar-refractivity contribution in [1.29, 1.82) is 0 Å². The molecule has 0 radical (unpaired) electrons. The van der Waals surface area contributed by atoms with Gasteiger partial charge in [-0.3, -0.25) is 9.89 Å². The number of hydrogen-bond donors (Lipinski definition) is 3. The lowest BCUT2D eigenvalue weighted by Gasteiger charge is -2.25. The van der Waals surface area contributed by atoms with Crippen LogP contribution in [0.3, 0.4) is 0 Å². The summed E-state index contributed by atoms with van der Waals surface area (Å²) >= 11 is 0. The van der Waals surface area contributed by atoms with Crippen molar-refractivity contribution in [3.63, 3.8) is 0 Å². The molecule has 1 aromatic heterocycles. The highest BCUT2D eigenvalue weighted by Gasteiger charge is 2.44. The molecule has 0 bridgehead atoms. The first kappa shape index (κ1) is 11.1. The summed E-state index contributed by atoms with van der Waals surface area (Å²) in [6.07, 6.45) is 5.59. The zero-order valence-corrected chi connectivity index (χ0v) is 9.66. The van der Waals surface area contributed by atoms with Gasteiger partial charge in [0.25, 0.3) is 0 Å². The Kier molecular flexibility index (Phi) is 2.71. The molecule has 1 aromatic rings. The van der Waals surface area contributed by atoms with Crippen LogP contribution in [0.1, 0.15) is 38.3 Å². The average Bonchev–Trinajstić information content (AvgIpc) is 2.95. The van der Waals surface area contributed by atoms with E-state index in [-0.39, 0.29) is 11.9 Å². The van der Waals surface area contributed by atoms with Gasteiger partial charge in [0.05, 0.1) is 17.8 Å². The van der Waals surface area contributed by atoms with Crippen molar-refractivity contribution in [3.05, 3.63) is 18.0 Å². The predicted octanol–water partition coefficient (Wildman–Crippen LogP) is 0.714. The molecule has 0 spiro atoms. The maximum absolute atomic E-state index is 12.0. The van der Waals surface area contributed by atoms with Gasteiger partial charge >= 0.3 is 0 Å². The van der Waals surface area contributed by atoms with Crippen LogP contribution in [-0.4, -0.2) is 21.6 Å². The van der Waals surface area contributed by atoms with Crippen LogP contribution in [0.15, 0.2) is 12.4 Å². The molecule has 88 valence electrons. The van der Waals surface area contributed by atoms with Gasteiger partial charge in [0.15, 0.2) is 0 Å². The standard InChI is InChI=1S/C11H18N4O/c1-7(8-5-13-14-6-8)15-10(16)11(2,12)9-3-4-9/h5-7,9H,3-4,12H2,1-2H3,(H,13,14)(H,15,16). The molecule has 1 aliphatic rings. The number of aromatic amines is 1. The quantitative estimate of drug-likeness (QED) is 0.701. The van der Waals surface area contributed by atoms with Crippen molar-refractivity contribution in [3.8, 4) is 0 Å². The van der Waals surface area contributed by atoms with E-state index in [1.807, 2.05) is 13.8 Å². The molecule has 1 saturated carbocycles. The molecule has 1 fully saturated rings. The molecular weight excluding hydrogens is 204 g/mol. The van der Waals surface area contributed by atoms with Crippen molar-refractivity contribution < 1.29 is 4.79 Å². The number of nitrogens with two attached hydrogens (primary N) is 1. The van der Waals surface area contributed by atoms with E-state index in [4.69, 9.17) is 5.73 Å². The van der Waals surface area contributed by atoms with Crippen LogP contribution in [-0.2, 0) is 4.79 Å². The number of amides is 1. The summed E-state index contributed by atoms with van der Waals surface area (Å²) in [5.74, 6) is 0.257. The second kappa shape index (κ2) is 3.90. The molecule has 4 N–H and O–H groups in total. The summed E-state index contributed by atoms with van der Waals surface area (Å²) in [7, 11) is 0. The Morgan fingerprint density at radius 3 is 2.94 bits per heavy atom. The highest BCUT2D eigenvalue weighted by molar-refractivity contribution is 5.86. The zero-order chi connectivity index (χ0) is 11.8. The van der Waals surface area contributed by atoms with E-state index in [2.05, 4.69) is 15.5 Å². The Morgan fingerprint density at radius 2 is 2.44 bits per heavy atom. The highest BCUT2D eigenvalue weighted by Crippen LogP contribution is 2.38. The van der Waals surface area contributed by atoms with Crippen molar-refractivity contribution in [2.75, 3.05) is 0 Å². The second-order valence-electron chi connectivity index (χ2n) is 4.78. The van der Waals surface area contributed by atoms with Crippen molar-refractivity contribution in [1.82, 2.24) is 15.5 Å². The first-order valence-corrected chi connectivity index (χ1v) is 5.60. The van der Waals surface area contributed by atoms with Gasteiger partial charge in [0.1, 0.15) is 0 Å². The molecule has 5 heteroatoms. The van der Waals surface area contributed by atoms with Crippen LogP contribution in [0, 0.1) is 5.92 Å². The molecule has 2 unspecified atom stereocenters. The average molecular weight is 222 g/mol. The number of rotatable bonds is 4. The normalized spacial score (nSPS) is 21.2. The molecular formula is C11H18N4O. The maximum Gasteiger partial charge on any atom is 0.240 e. The Balaban J connectivity index is 1.97. The van der Waals surface area contributed by atoms with Crippen LogP contribution in [0.2, 0.25) is 0 Å². The molecule has 0 aliphatic heterocycles. The van der Waals surface area contributed by atoms with Crippen LogP contribution in [0.5, 0.6) is 0 Å². The zero-order valence-electron chi connectivity index (χ0n) is 9.66. The maximum atomic E-state index is 12.0. The summed E-state index contributed by atoms with van der Waals surface area (Å²) in [6, 6.07) is -0.0622. The summed E-state index contributed by atoms with van der Waals surface area (Å²) in [6.45, 7) is 3.73. The minimum absolute atomic E-state index is 0.0622. The fourth-order valence-corrected chi connectivity index (χ4v) is 1.80. The van der Waals surface area contributed by atoms with Crippen molar-refractivity contribution >= 4 is 5.91 Å². The van der Waals surface area contributed by atoms with Gasteiger partial charge in [0.2, 0.25) is 5.91 Å². The van der Waals surface area contributed by atoms with Gasteiger partial charge in [0, 0.05) is 11.8 Å². The van der Waals surface area contributed by atoms with E-state index in [1.54, 1.807) is 12.4 Å². The van der Waals surface area contributed by atoms with E-state index in [9.17, 15) is 4.79 Å². The lowest BCUT2D eigenvalue weighted by Crippen LogP contribution is -2.53. The number of carbonyl (C=O) groups is 1. The van der Waals surface area contributed by atoms with Crippen LogP contribution < -0.4 is 11.1 Å². The van der Waals surface area contributed by atoms with Crippen LogP contribution in [0.25, 0.3) is 0 Å². The van der Waals surface area contributed by atoms with Crippen LogP contribution >= 0.6 is 0 Å². The fraction of sp³-hybridized carbons (Fsp3) is 0.636. The number of nitrogens with zero attached hydrogens (tertiary/aromatic N) is 1. The third-order valence-corrected chi connectivity index (χ3v) is 3.28. The van der Waals surface area contributed by atoms with Gasteiger partial charge in [-0.2, -0.15) is 5.10 Å². The van der Waals surface area contributed by atoms with Crippen molar-refractivity contribution in [2.45, 2.75) is 38.3 Å². The molecule has 0 aromatic carbocycles. The number of carbonyl (C=O) groups excluding carboxylic acids is 1. The monoisotopic (exact) mass is 222 g/mol. The molecule has 1 amide bonds. The van der Waals surface area contributed by atoms with E-state index < -0.39 is 5.54 Å². The summed E-state index contributed by atoms with van der Waals surface area (Å²) in [5, 5.41) is 9.50. The molecule has 1 aliphatic carbocycles. The van der Waals surface area contributed by atoms with E-state index in [1.165, 1.54) is 0 Å². The number of hydrogen-bond acceptors (Lipinski definition) is 3. The van der Waals surface area contributed by atoms with Gasteiger partial charge in [-0.25, -0.2) is 0 Å². The van der Waals surface area contributed by atoms with Crippen molar-refractivity contribution in [2.24, 2.45) is 11.7 Å². The second-order valence-corrected chi connectivity index (χ2v) is 4.78. The minimum atomic E-state index is -0.738. The third kappa shape index (κ3) is 2.09. The Bertz CT molecular complexity index is 367. The molecule has 5 nitrogen and oxygen atoms in total. The highest BCUT2D eigenvalue weighted by atomic mass is 16.2. The summed E-state index contributed by atoms with van der Waals surface area (Å²) in [5.41, 5.74) is 6.25. The topological polar surface area (TPSA) is 83.8 Å².